The Hall–Kier alpha value is -3.15. The van der Waals surface area contributed by atoms with Gasteiger partial charge in [-0.15, -0.1) is 0 Å². The second-order valence-corrected chi connectivity index (χ2v) is 6.49. The van der Waals surface area contributed by atoms with E-state index in [0.29, 0.717) is 19.4 Å². The van der Waals surface area contributed by atoms with Crippen molar-refractivity contribution in [2.24, 2.45) is 16.0 Å². The van der Waals surface area contributed by atoms with Crippen LogP contribution in [-0.2, 0) is 4.79 Å². The van der Waals surface area contributed by atoms with Gasteiger partial charge < -0.3 is 10.0 Å². The van der Waals surface area contributed by atoms with E-state index >= 15 is 0 Å². The third-order valence-electron chi connectivity index (χ3n) is 4.38. The molecule has 0 aromatic rings. The summed E-state index contributed by atoms with van der Waals surface area (Å²) >= 11 is 0. The number of rotatable bonds is 8. The Morgan fingerprint density at radius 2 is 2.26 bits per heavy atom. The second-order valence-electron chi connectivity index (χ2n) is 6.49. The molecule has 1 unspecified atom stereocenters. The van der Waals surface area contributed by atoms with Gasteiger partial charge in [0, 0.05) is 56.7 Å². The van der Waals surface area contributed by atoms with Crippen molar-refractivity contribution in [1.29, 1.82) is 0 Å². The molecule has 2 rings (SSSR count). The van der Waals surface area contributed by atoms with Crippen LogP contribution in [-0.4, -0.2) is 47.0 Å². The van der Waals surface area contributed by atoms with E-state index in [4.69, 9.17) is 0 Å². The normalized spacial score (nSPS) is 20.1. The Kier molecular flexibility index (Phi) is 7.11. The zero-order valence-electron chi connectivity index (χ0n) is 15.9. The molecule has 0 aromatic carbocycles. The monoisotopic (exact) mass is 366 g/mol. The summed E-state index contributed by atoms with van der Waals surface area (Å²) in [5.41, 5.74) is 3.90. The molecule has 0 saturated carbocycles. The molecule has 0 saturated heterocycles. The third-order valence-corrected chi connectivity index (χ3v) is 4.38. The average Bonchev–Trinajstić information content (AvgIpc) is 2.66. The summed E-state index contributed by atoms with van der Waals surface area (Å²) in [6, 6.07) is 0. The molecular formula is C21H26N4O2. The van der Waals surface area contributed by atoms with E-state index in [9.17, 15) is 9.90 Å². The van der Waals surface area contributed by atoms with E-state index < -0.39 is 11.9 Å². The lowest BCUT2D eigenvalue weighted by Crippen LogP contribution is -2.35. The molecule has 0 radical (unpaired) electrons. The lowest BCUT2D eigenvalue weighted by molar-refractivity contribution is -0.142. The SMILES string of the molecule is C=CC(CC1=C2C=CC=CN2CC(C(=O)O)C1)=N/C=C/C(C)=C/N(C)N=C. The summed E-state index contributed by atoms with van der Waals surface area (Å²) < 4.78 is 0. The molecule has 6 nitrogen and oxygen atoms in total. The van der Waals surface area contributed by atoms with Gasteiger partial charge in [-0.05, 0) is 48.8 Å². The maximum Gasteiger partial charge on any atom is 0.308 e. The number of aliphatic carboxylic acids is 1. The number of carboxylic acid groups (broad SMARTS) is 1. The fraction of sp³-hybridized carbons (Fsp3) is 0.286. The quantitative estimate of drug-likeness (QED) is 0.404. The fourth-order valence-electron chi connectivity index (χ4n) is 3.01. The van der Waals surface area contributed by atoms with Crippen LogP contribution in [0.25, 0.3) is 0 Å². The van der Waals surface area contributed by atoms with Crippen molar-refractivity contribution in [3.8, 4) is 0 Å². The number of nitrogens with zero attached hydrogens (tertiary/aromatic N) is 4. The van der Waals surface area contributed by atoms with E-state index in [1.807, 2.05) is 48.5 Å². The first kappa shape index (κ1) is 20.2. The number of fused-ring (bicyclic) bond motifs is 1. The van der Waals surface area contributed by atoms with E-state index in [1.165, 1.54) is 0 Å². The number of hydrogen-bond donors (Lipinski definition) is 1. The number of hydrogen-bond acceptors (Lipinski definition) is 5. The summed E-state index contributed by atoms with van der Waals surface area (Å²) in [7, 11) is 1.80. The second kappa shape index (κ2) is 9.52. The van der Waals surface area contributed by atoms with Crippen molar-refractivity contribution < 1.29 is 9.90 Å². The van der Waals surface area contributed by atoms with Gasteiger partial charge in [-0.3, -0.25) is 14.8 Å². The molecule has 0 spiro atoms. The summed E-state index contributed by atoms with van der Waals surface area (Å²) in [5.74, 6) is -1.19. The Bertz CT molecular complexity index is 784. The Morgan fingerprint density at radius 1 is 1.48 bits per heavy atom. The minimum atomic E-state index is -0.771. The van der Waals surface area contributed by atoms with Gasteiger partial charge in [0.05, 0.1) is 5.92 Å². The molecule has 27 heavy (non-hydrogen) atoms. The van der Waals surface area contributed by atoms with Gasteiger partial charge in [-0.1, -0.05) is 12.7 Å². The van der Waals surface area contributed by atoms with Crippen LogP contribution in [0.3, 0.4) is 0 Å². The highest BCUT2D eigenvalue weighted by molar-refractivity contribution is 5.96. The van der Waals surface area contributed by atoms with Crippen molar-refractivity contribution in [3.63, 3.8) is 0 Å². The van der Waals surface area contributed by atoms with Crippen molar-refractivity contribution in [1.82, 2.24) is 9.91 Å². The van der Waals surface area contributed by atoms with E-state index in [2.05, 4.69) is 23.4 Å². The van der Waals surface area contributed by atoms with Gasteiger partial charge in [0.25, 0.3) is 0 Å². The molecule has 0 bridgehead atoms. The summed E-state index contributed by atoms with van der Waals surface area (Å²) in [6.07, 6.45) is 16.1. The predicted molar refractivity (Wildman–Crippen MR) is 110 cm³/mol. The number of carbonyl (C=O) groups is 1. The molecule has 2 heterocycles. The molecule has 0 amide bonds. The molecule has 6 heteroatoms. The lowest BCUT2D eigenvalue weighted by Gasteiger charge is -2.34. The van der Waals surface area contributed by atoms with Gasteiger partial charge in [-0.2, -0.15) is 5.10 Å². The van der Waals surface area contributed by atoms with Crippen LogP contribution in [0.5, 0.6) is 0 Å². The topological polar surface area (TPSA) is 68.5 Å². The first-order chi connectivity index (χ1) is 12.9. The minimum absolute atomic E-state index is 0.423. The van der Waals surface area contributed by atoms with Gasteiger partial charge >= 0.3 is 5.97 Å². The highest BCUT2D eigenvalue weighted by Gasteiger charge is 2.29. The van der Waals surface area contributed by atoms with Crippen LogP contribution in [0.15, 0.2) is 82.5 Å². The van der Waals surface area contributed by atoms with Crippen LogP contribution >= 0.6 is 0 Å². The molecule has 2 aliphatic rings. The molecule has 0 fully saturated rings. The Balaban J connectivity index is 2.19. The van der Waals surface area contributed by atoms with E-state index in [-0.39, 0.29) is 0 Å². The highest BCUT2D eigenvalue weighted by Crippen LogP contribution is 2.31. The Morgan fingerprint density at radius 3 is 2.93 bits per heavy atom. The number of carboxylic acids is 1. The summed E-state index contributed by atoms with van der Waals surface area (Å²) in [6.45, 7) is 9.74. The highest BCUT2D eigenvalue weighted by atomic mass is 16.4. The number of hydrazone groups is 1. The van der Waals surface area contributed by atoms with Crippen LogP contribution in [0, 0.1) is 5.92 Å². The van der Waals surface area contributed by atoms with Crippen molar-refractivity contribution in [2.75, 3.05) is 13.6 Å². The molecule has 0 aromatic heterocycles. The maximum absolute atomic E-state index is 11.5. The van der Waals surface area contributed by atoms with Crippen molar-refractivity contribution in [2.45, 2.75) is 19.8 Å². The molecule has 142 valence electrons. The standard InChI is InChI=1S/C21H26N4O2/c1-5-19(23-10-9-16(2)14-24(4)22-3)13-17-12-18(21(26)27)15-25-11-7-6-8-20(17)25/h5-11,14,18H,1,3,12-13,15H2,2,4H3,(H,26,27)/b10-9+,16-14+,23-19?. The van der Waals surface area contributed by atoms with Crippen molar-refractivity contribution in [3.05, 3.63) is 72.4 Å². The zero-order chi connectivity index (χ0) is 19.8. The van der Waals surface area contributed by atoms with Crippen molar-refractivity contribution >= 4 is 18.4 Å². The Labute approximate surface area is 160 Å². The number of allylic oxidation sites excluding steroid dienone is 7. The largest absolute Gasteiger partial charge is 0.481 e. The molecular weight excluding hydrogens is 340 g/mol. The van der Waals surface area contributed by atoms with Crippen LogP contribution < -0.4 is 0 Å². The average molecular weight is 366 g/mol. The maximum atomic E-state index is 11.5. The summed E-state index contributed by atoms with van der Waals surface area (Å²) in [5, 5.41) is 14.9. The van der Waals surface area contributed by atoms with Crippen LogP contribution in [0.2, 0.25) is 0 Å². The molecule has 2 aliphatic heterocycles. The van der Waals surface area contributed by atoms with Crippen LogP contribution in [0.1, 0.15) is 19.8 Å². The van der Waals surface area contributed by atoms with Gasteiger partial charge in [0.15, 0.2) is 0 Å². The molecule has 1 atom stereocenters. The van der Waals surface area contributed by atoms with Gasteiger partial charge in [0.2, 0.25) is 0 Å². The van der Waals surface area contributed by atoms with Gasteiger partial charge in [0.1, 0.15) is 0 Å². The van der Waals surface area contributed by atoms with Gasteiger partial charge in [-0.25, -0.2) is 0 Å². The summed E-state index contributed by atoms with van der Waals surface area (Å²) in [4.78, 5) is 18.0. The third kappa shape index (κ3) is 5.67. The van der Waals surface area contributed by atoms with E-state index in [1.54, 1.807) is 24.3 Å². The lowest BCUT2D eigenvalue weighted by atomic mass is 9.88. The van der Waals surface area contributed by atoms with Crippen LogP contribution in [0.4, 0.5) is 0 Å². The molecule has 0 aliphatic carbocycles. The minimum Gasteiger partial charge on any atom is -0.481 e. The smallest absolute Gasteiger partial charge is 0.308 e. The fourth-order valence-corrected chi connectivity index (χ4v) is 3.01. The molecule has 1 N–H and O–H groups in total. The predicted octanol–water partition coefficient (Wildman–Crippen LogP) is 3.71. The van der Waals surface area contributed by atoms with E-state index in [0.717, 1.165) is 22.6 Å². The number of aliphatic imine (C=N–C) groups is 1. The first-order valence-electron chi connectivity index (χ1n) is 8.74. The zero-order valence-corrected chi connectivity index (χ0v) is 15.9. The first-order valence-corrected chi connectivity index (χ1v) is 8.74.